The van der Waals surface area contributed by atoms with Crippen LogP contribution >= 0.6 is 24.7 Å². The molecule has 41 heavy (non-hydrogen) atoms. The molecule has 222 valence electrons. The summed E-state index contributed by atoms with van der Waals surface area (Å²) >= 11 is 0. The molecule has 3 aromatic rings. The highest BCUT2D eigenvalue weighted by molar-refractivity contribution is 7.75. The van der Waals surface area contributed by atoms with Crippen LogP contribution in [0, 0.1) is 0 Å². The van der Waals surface area contributed by atoms with Gasteiger partial charge in [0.1, 0.15) is 29.6 Å². The Morgan fingerprint density at radius 3 is 1.61 bits per heavy atom. The minimum atomic E-state index is -3.38. The Morgan fingerprint density at radius 2 is 1.15 bits per heavy atom. The lowest BCUT2D eigenvalue weighted by molar-refractivity contribution is 0.297. The number of hydrogen-bond donors (Lipinski definition) is 1. The van der Waals surface area contributed by atoms with Crippen LogP contribution in [0.15, 0.2) is 77.3 Å². The maximum Gasteiger partial charge on any atom is 0.660 e. The topological polar surface area (TPSA) is 107 Å². The van der Waals surface area contributed by atoms with Gasteiger partial charge in [-0.05, 0) is 98.4 Å². The zero-order valence-corrected chi connectivity index (χ0v) is 26.7. The fourth-order valence-electron chi connectivity index (χ4n) is 3.13. The van der Waals surface area contributed by atoms with Gasteiger partial charge in [0.25, 0.3) is 0 Å². The van der Waals surface area contributed by atoms with Gasteiger partial charge in [-0.15, -0.1) is 4.52 Å². The summed E-state index contributed by atoms with van der Waals surface area (Å²) in [6, 6.07) is 21.4. The summed E-state index contributed by atoms with van der Waals surface area (Å²) in [7, 11) is -2.24. The summed E-state index contributed by atoms with van der Waals surface area (Å²) in [4.78, 5) is 3.31. The first-order chi connectivity index (χ1) is 20.0. The van der Waals surface area contributed by atoms with E-state index in [-0.39, 0.29) is 6.61 Å². The molecular formula is C27H37N2O9P3+2. The van der Waals surface area contributed by atoms with Crippen LogP contribution in [0.5, 0.6) is 34.5 Å². The number of benzene rings is 3. The van der Waals surface area contributed by atoms with Crippen molar-refractivity contribution in [2.24, 2.45) is 4.52 Å². The second-order valence-corrected chi connectivity index (χ2v) is 12.6. The molecule has 0 heterocycles. The highest BCUT2D eigenvalue weighted by Crippen LogP contribution is 2.67. The van der Waals surface area contributed by atoms with Crippen molar-refractivity contribution in [3.05, 3.63) is 72.8 Å². The van der Waals surface area contributed by atoms with Crippen LogP contribution < -0.4 is 32.6 Å². The van der Waals surface area contributed by atoms with Crippen molar-refractivity contribution in [3.63, 3.8) is 0 Å². The highest BCUT2D eigenvalue weighted by atomic mass is 31.3. The van der Waals surface area contributed by atoms with Crippen LogP contribution in [0.2, 0.25) is 0 Å². The van der Waals surface area contributed by atoms with Crippen molar-refractivity contribution in [1.82, 2.24) is 4.86 Å². The van der Waals surface area contributed by atoms with Gasteiger partial charge >= 0.3 is 24.7 Å². The van der Waals surface area contributed by atoms with Gasteiger partial charge in [-0.2, -0.15) is 4.52 Å². The first-order valence-corrected chi connectivity index (χ1v) is 16.7. The van der Waals surface area contributed by atoms with E-state index in [2.05, 4.69) is 4.86 Å². The van der Waals surface area contributed by atoms with Gasteiger partial charge in [-0.1, -0.05) is 0 Å². The molecule has 0 saturated carbocycles. The van der Waals surface area contributed by atoms with E-state index in [0.717, 1.165) is 0 Å². The number of nitrogens with one attached hydrogen (secondary N) is 1. The summed E-state index contributed by atoms with van der Waals surface area (Å²) in [6.07, 6.45) is 0. The lowest BCUT2D eigenvalue weighted by Gasteiger charge is -2.21. The van der Waals surface area contributed by atoms with Crippen LogP contribution in [-0.4, -0.2) is 41.2 Å². The molecule has 3 rings (SSSR count). The van der Waals surface area contributed by atoms with Gasteiger partial charge < -0.3 is 23.3 Å². The summed E-state index contributed by atoms with van der Waals surface area (Å²) in [5.41, 5.74) is 0. The van der Waals surface area contributed by atoms with E-state index in [1.165, 1.54) is 0 Å². The molecular weight excluding hydrogens is 589 g/mol. The van der Waals surface area contributed by atoms with E-state index in [1.807, 2.05) is 20.8 Å². The first kappa shape index (κ1) is 32.8. The van der Waals surface area contributed by atoms with Gasteiger partial charge in [0.2, 0.25) is 4.52 Å². The van der Waals surface area contributed by atoms with Gasteiger partial charge in [0.05, 0.1) is 34.5 Å². The molecule has 0 aliphatic heterocycles. The molecule has 0 aromatic heterocycles. The van der Waals surface area contributed by atoms with E-state index in [1.54, 1.807) is 94.1 Å². The van der Waals surface area contributed by atoms with Crippen LogP contribution in [0.1, 0.15) is 20.8 Å². The lowest BCUT2D eigenvalue weighted by Crippen LogP contribution is -2.20. The molecule has 11 nitrogen and oxygen atoms in total. The van der Waals surface area contributed by atoms with Gasteiger partial charge in [0.15, 0.2) is 11.5 Å². The van der Waals surface area contributed by atoms with Crippen LogP contribution in [-0.2, 0) is 13.6 Å². The number of methoxy groups -OCH3 is 3. The maximum atomic E-state index is 6.47. The summed E-state index contributed by atoms with van der Waals surface area (Å²) in [5.74, 6) is 3.71. The average Bonchev–Trinajstić information content (AvgIpc) is 2.98. The largest absolute Gasteiger partial charge is 0.660 e. The van der Waals surface area contributed by atoms with Crippen LogP contribution in [0.25, 0.3) is 0 Å². The first-order valence-electron chi connectivity index (χ1n) is 12.8. The van der Waals surface area contributed by atoms with Crippen molar-refractivity contribution < 1.29 is 41.4 Å². The third kappa shape index (κ3) is 10.6. The molecule has 0 radical (unpaired) electrons. The third-order valence-electron chi connectivity index (χ3n) is 4.97. The second-order valence-electron chi connectivity index (χ2n) is 7.76. The predicted octanol–water partition coefficient (Wildman–Crippen LogP) is 8.35. The van der Waals surface area contributed by atoms with Crippen molar-refractivity contribution in [1.29, 1.82) is 0 Å². The molecule has 1 N–H and O–H groups in total. The van der Waals surface area contributed by atoms with E-state index in [4.69, 9.17) is 45.9 Å². The third-order valence-corrected chi connectivity index (χ3v) is 10.9. The molecule has 3 atom stereocenters. The number of rotatable bonds is 18. The normalized spacial score (nSPS) is 13.6. The Bertz CT molecular complexity index is 1200. The minimum Gasteiger partial charge on any atom is -0.497 e. The van der Waals surface area contributed by atoms with E-state index >= 15 is 0 Å². The Hall–Kier alpha value is -2.74. The summed E-state index contributed by atoms with van der Waals surface area (Å²) in [6.45, 7) is 6.58. The molecule has 0 aliphatic rings. The molecule has 0 spiro atoms. The fourth-order valence-corrected chi connectivity index (χ4v) is 8.72. The average molecular weight is 627 g/mol. The van der Waals surface area contributed by atoms with Gasteiger partial charge in [-0.25, -0.2) is 4.52 Å². The lowest BCUT2D eigenvalue weighted by atomic mass is 10.3. The molecule has 0 amide bonds. The molecule has 3 unspecified atom stereocenters. The van der Waals surface area contributed by atoms with Crippen LogP contribution in [0.4, 0.5) is 0 Å². The quantitative estimate of drug-likeness (QED) is 0.138. The minimum absolute atomic E-state index is 0.274. The Morgan fingerprint density at radius 1 is 0.659 bits per heavy atom. The summed E-state index contributed by atoms with van der Waals surface area (Å²) < 4.78 is 57.7. The second kappa shape index (κ2) is 17.3. The van der Waals surface area contributed by atoms with Crippen molar-refractivity contribution >= 4 is 24.7 Å². The maximum absolute atomic E-state index is 6.47. The SMILES string of the molecule is CCOP(N[P+](N=[P+](OCC)Oc1ccc(OC)cc1)(OCC)Oc1ccc(OC)cc1)Oc1ccc(OC)cc1. The molecule has 0 fully saturated rings. The molecule has 0 bridgehead atoms. The van der Waals surface area contributed by atoms with Crippen molar-refractivity contribution in [2.75, 3.05) is 41.2 Å². The van der Waals surface area contributed by atoms with Crippen molar-refractivity contribution in [3.8, 4) is 34.5 Å². The number of nitrogens with zero attached hydrogens (tertiary/aromatic N) is 1. The zero-order valence-electron chi connectivity index (χ0n) is 24.0. The van der Waals surface area contributed by atoms with Gasteiger partial charge in [-0.3, -0.25) is 4.52 Å². The van der Waals surface area contributed by atoms with Crippen LogP contribution in [0.3, 0.4) is 0 Å². The number of ether oxygens (including phenoxy) is 3. The number of hydrogen-bond acceptors (Lipinski definition) is 11. The monoisotopic (exact) mass is 626 g/mol. The standard InChI is InChI=1S/C27H37N2O9P3/c1-7-33-39(36-25-16-10-22(30-4)11-17-25)28-41(35-9-3,38-27-20-14-24(32-6)15-21-27)29-40(34-8-2)37-26-18-12-23(31-5)13-19-26/h10-21,28H,7-9H2,1-6H3/q+2. The molecule has 0 aliphatic carbocycles. The zero-order chi connectivity index (χ0) is 29.5. The van der Waals surface area contributed by atoms with E-state index in [9.17, 15) is 0 Å². The molecule has 0 saturated heterocycles. The smallest absolute Gasteiger partial charge is 0.497 e. The van der Waals surface area contributed by atoms with Gasteiger partial charge in [0, 0.05) is 0 Å². The molecule has 3 aromatic carbocycles. The molecule has 14 heteroatoms. The Labute approximate surface area is 244 Å². The van der Waals surface area contributed by atoms with E-state index < -0.39 is 24.7 Å². The Kier molecular flexibility index (Phi) is 13.8. The Balaban J connectivity index is 2.01. The fraction of sp³-hybridized carbons (Fsp3) is 0.333. The predicted molar refractivity (Wildman–Crippen MR) is 162 cm³/mol. The summed E-state index contributed by atoms with van der Waals surface area (Å²) in [5, 5.41) is 0. The van der Waals surface area contributed by atoms with E-state index in [0.29, 0.717) is 47.7 Å². The highest BCUT2D eigenvalue weighted by Gasteiger charge is 2.57. The van der Waals surface area contributed by atoms with Crippen molar-refractivity contribution in [2.45, 2.75) is 20.8 Å².